The van der Waals surface area contributed by atoms with Crippen LogP contribution in [0.15, 0.2) is 18.2 Å². The van der Waals surface area contributed by atoms with Crippen LogP contribution in [0, 0.1) is 0 Å². The van der Waals surface area contributed by atoms with Gasteiger partial charge in [0.2, 0.25) is 11.9 Å². The van der Waals surface area contributed by atoms with Crippen molar-refractivity contribution in [3.05, 3.63) is 40.6 Å². The summed E-state index contributed by atoms with van der Waals surface area (Å²) in [7, 11) is 0. The van der Waals surface area contributed by atoms with Crippen molar-refractivity contribution < 1.29 is 23.5 Å². The number of carbonyl (C=O) groups is 2. The predicted octanol–water partition coefficient (Wildman–Crippen LogP) is 2.32. The number of likely N-dealkylation sites (N-methyl/N-ethyl adjacent to an activating group) is 1. The normalized spacial score (nSPS) is 20.8. The lowest BCUT2D eigenvalue weighted by molar-refractivity contribution is -0.129. The summed E-state index contributed by atoms with van der Waals surface area (Å²) < 4.78 is 29.1. The van der Waals surface area contributed by atoms with E-state index in [1.807, 2.05) is 12.1 Å². The number of aliphatic hydroxyl groups is 1. The third kappa shape index (κ3) is 3.52. The molecule has 33 heavy (non-hydrogen) atoms. The monoisotopic (exact) mass is 457 g/mol. The fourth-order valence-electron chi connectivity index (χ4n) is 5.04. The number of nitrogens with two attached hydrogens (primary N) is 1. The van der Waals surface area contributed by atoms with Gasteiger partial charge in [0.05, 0.1) is 17.7 Å². The highest BCUT2D eigenvalue weighted by atomic mass is 19.3. The van der Waals surface area contributed by atoms with Crippen LogP contribution in [0.5, 0.6) is 0 Å². The van der Waals surface area contributed by atoms with E-state index in [4.69, 9.17) is 5.73 Å². The van der Waals surface area contributed by atoms with Crippen LogP contribution in [0.3, 0.4) is 0 Å². The molecule has 0 spiro atoms. The Balaban J connectivity index is 1.53. The number of hydrogen-bond acceptors (Lipinski definition) is 6. The molecule has 1 aliphatic heterocycles. The third-order valence-corrected chi connectivity index (χ3v) is 6.82. The number of aryl methyl sites for hydroxylation is 1. The quantitative estimate of drug-likeness (QED) is 0.729. The van der Waals surface area contributed by atoms with Gasteiger partial charge in [-0.1, -0.05) is 12.1 Å². The predicted molar refractivity (Wildman–Crippen MR) is 116 cm³/mol. The summed E-state index contributed by atoms with van der Waals surface area (Å²) >= 11 is 0. The first-order valence-electron chi connectivity index (χ1n) is 11.2. The first-order chi connectivity index (χ1) is 15.7. The summed E-state index contributed by atoms with van der Waals surface area (Å²) in [5, 5.41) is 9.62. The number of anilines is 1. The second kappa shape index (κ2) is 7.72. The van der Waals surface area contributed by atoms with E-state index in [2.05, 4.69) is 9.97 Å². The van der Waals surface area contributed by atoms with Gasteiger partial charge < -0.3 is 15.7 Å². The lowest BCUT2D eigenvalue weighted by Gasteiger charge is -2.36. The van der Waals surface area contributed by atoms with Gasteiger partial charge in [-0.2, -0.15) is 8.78 Å². The summed E-state index contributed by atoms with van der Waals surface area (Å²) in [5.41, 5.74) is 8.48. The zero-order chi connectivity index (χ0) is 23.5. The zero-order valence-corrected chi connectivity index (χ0v) is 18.2. The van der Waals surface area contributed by atoms with E-state index in [0.717, 1.165) is 16.0 Å². The van der Waals surface area contributed by atoms with E-state index in [-0.39, 0.29) is 36.9 Å². The van der Waals surface area contributed by atoms with Crippen LogP contribution in [0.2, 0.25) is 0 Å². The second-order valence-corrected chi connectivity index (χ2v) is 8.89. The van der Waals surface area contributed by atoms with Crippen molar-refractivity contribution in [3.8, 4) is 11.3 Å². The van der Waals surface area contributed by atoms with Gasteiger partial charge in [0.15, 0.2) is 0 Å². The molecule has 3 N–H and O–H groups in total. The molecule has 1 unspecified atom stereocenters. The van der Waals surface area contributed by atoms with E-state index in [1.54, 1.807) is 17.9 Å². The topological polar surface area (TPSA) is 113 Å². The fourth-order valence-corrected chi connectivity index (χ4v) is 5.04. The van der Waals surface area contributed by atoms with E-state index in [9.17, 15) is 23.5 Å². The number of β-amino-alcohol motifs (C(OH)–C–C–N with tert-alkyl or cyclic N) is 1. The molecule has 3 aliphatic rings. The van der Waals surface area contributed by atoms with Crippen molar-refractivity contribution in [2.24, 2.45) is 5.73 Å². The van der Waals surface area contributed by atoms with Crippen LogP contribution in [-0.4, -0.2) is 57.7 Å². The Morgan fingerprint density at radius 1 is 1.27 bits per heavy atom. The standard InChI is InChI=1S/C23H25F2N5O3/c1-2-30(21(26)33)20(32)16-6-3-12-9-13(4-5-15(12)16)18-17-7-8-23(24,25)19(17)28-22(27-18)29-10-14(31)11-29/h4-5,9,14,16,31H,2-3,6-8,10-11H2,1H3,(H2,26,33). The molecule has 1 aromatic carbocycles. The van der Waals surface area contributed by atoms with Crippen LogP contribution in [0.1, 0.15) is 48.1 Å². The van der Waals surface area contributed by atoms with Crippen LogP contribution >= 0.6 is 0 Å². The molecule has 1 saturated heterocycles. The number of primary amides is 1. The lowest BCUT2D eigenvalue weighted by Crippen LogP contribution is -2.51. The molecule has 1 aromatic heterocycles. The molecule has 5 rings (SSSR count). The molecular weight excluding hydrogens is 432 g/mol. The molecule has 2 aliphatic carbocycles. The number of aliphatic hydroxyl groups excluding tert-OH is 1. The number of alkyl halides is 2. The van der Waals surface area contributed by atoms with E-state index < -0.39 is 24.0 Å². The number of urea groups is 1. The SMILES string of the molecule is CCN(C(N)=O)C(=O)C1CCc2cc(-c3nc(N4CC(O)C4)nc4c3CCC4(F)F)ccc21. The first-order valence-corrected chi connectivity index (χ1v) is 11.2. The molecule has 2 heterocycles. The van der Waals surface area contributed by atoms with E-state index in [1.165, 1.54) is 0 Å². The molecule has 0 bridgehead atoms. The van der Waals surface area contributed by atoms with Crippen molar-refractivity contribution >= 4 is 17.9 Å². The van der Waals surface area contributed by atoms with Crippen LogP contribution < -0.4 is 10.6 Å². The molecule has 8 nitrogen and oxygen atoms in total. The molecular formula is C23H25F2N5O3. The maximum atomic E-state index is 14.6. The Hall–Kier alpha value is -3.14. The number of amides is 3. The Kier molecular flexibility index (Phi) is 5.08. The molecule has 1 fully saturated rings. The molecule has 174 valence electrons. The van der Waals surface area contributed by atoms with Crippen LogP contribution in [0.25, 0.3) is 11.3 Å². The van der Waals surface area contributed by atoms with Gasteiger partial charge in [-0.15, -0.1) is 0 Å². The molecule has 0 saturated carbocycles. The number of rotatable bonds is 4. The highest BCUT2D eigenvalue weighted by Crippen LogP contribution is 2.45. The highest BCUT2D eigenvalue weighted by Gasteiger charge is 2.44. The number of nitrogens with zero attached hydrogens (tertiary/aromatic N) is 4. The number of carbonyl (C=O) groups excluding carboxylic acids is 2. The minimum absolute atomic E-state index is 0.183. The summed E-state index contributed by atoms with van der Waals surface area (Å²) in [6.45, 7) is 2.52. The van der Waals surface area contributed by atoms with Crippen molar-refractivity contribution in [1.82, 2.24) is 14.9 Å². The maximum Gasteiger partial charge on any atom is 0.321 e. The van der Waals surface area contributed by atoms with Crippen molar-refractivity contribution in [1.29, 1.82) is 0 Å². The first kappa shape index (κ1) is 21.7. The number of hydrogen-bond donors (Lipinski definition) is 2. The molecule has 1 atom stereocenters. The largest absolute Gasteiger partial charge is 0.389 e. The minimum atomic E-state index is -3.02. The summed E-state index contributed by atoms with van der Waals surface area (Å²) in [4.78, 5) is 36.0. The van der Waals surface area contributed by atoms with E-state index >= 15 is 0 Å². The maximum absolute atomic E-state index is 14.6. The van der Waals surface area contributed by atoms with E-state index in [0.29, 0.717) is 42.8 Å². The van der Waals surface area contributed by atoms with Crippen molar-refractivity contribution in [3.63, 3.8) is 0 Å². The number of imide groups is 1. The summed E-state index contributed by atoms with van der Waals surface area (Å²) in [5.74, 6) is -3.60. The van der Waals surface area contributed by atoms with Crippen molar-refractivity contribution in [2.75, 3.05) is 24.5 Å². The van der Waals surface area contributed by atoms with Gasteiger partial charge in [0, 0.05) is 37.2 Å². The third-order valence-electron chi connectivity index (χ3n) is 6.82. The highest BCUT2D eigenvalue weighted by molar-refractivity contribution is 5.97. The minimum Gasteiger partial charge on any atom is -0.389 e. The summed E-state index contributed by atoms with van der Waals surface area (Å²) in [6, 6.07) is 4.74. The fraction of sp³-hybridized carbons (Fsp3) is 0.478. The van der Waals surface area contributed by atoms with Crippen molar-refractivity contribution in [2.45, 2.75) is 50.6 Å². The Morgan fingerprint density at radius 3 is 2.70 bits per heavy atom. The smallest absolute Gasteiger partial charge is 0.321 e. The molecule has 3 amide bonds. The van der Waals surface area contributed by atoms with Gasteiger partial charge in [-0.25, -0.2) is 14.8 Å². The van der Waals surface area contributed by atoms with Gasteiger partial charge in [-0.3, -0.25) is 9.69 Å². The zero-order valence-electron chi connectivity index (χ0n) is 18.2. The summed E-state index contributed by atoms with van der Waals surface area (Å²) in [6.07, 6.45) is 0.548. The Bertz CT molecular complexity index is 1150. The average molecular weight is 457 g/mol. The van der Waals surface area contributed by atoms with Gasteiger partial charge >= 0.3 is 6.03 Å². The van der Waals surface area contributed by atoms with Gasteiger partial charge in [0.1, 0.15) is 5.69 Å². The molecule has 2 aromatic rings. The Labute approximate surface area is 189 Å². The van der Waals surface area contributed by atoms with Crippen LogP contribution in [0.4, 0.5) is 19.5 Å². The lowest BCUT2D eigenvalue weighted by atomic mass is 9.96. The average Bonchev–Trinajstić information content (AvgIpc) is 3.31. The van der Waals surface area contributed by atoms with Crippen LogP contribution in [-0.2, 0) is 23.6 Å². The van der Waals surface area contributed by atoms with Gasteiger partial charge in [0.25, 0.3) is 5.92 Å². The Morgan fingerprint density at radius 2 is 2.03 bits per heavy atom. The van der Waals surface area contributed by atoms with Gasteiger partial charge in [-0.05, 0) is 43.4 Å². The molecule has 10 heteroatoms. The number of fused-ring (bicyclic) bond motifs is 2. The molecule has 0 radical (unpaired) electrons. The second-order valence-electron chi connectivity index (χ2n) is 8.89. The number of halogens is 2. The number of benzene rings is 1. The number of aromatic nitrogens is 2.